The molecule has 0 aliphatic rings. The van der Waals surface area contributed by atoms with Crippen LogP contribution in [-0.4, -0.2) is 64.1 Å². The number of nitrogens with zero attached hydrogens (tertiary/aromatic N) is 3. The van der Waals surface area contributed by atoms with Gasteiger partial charge >= 0.3 is 0 Å². The van der Waals surface area contributed by atoms with Gasteiger partial charge in [-0.05, 0) is 54.7 Å². The van der Waals surface area contributed by atoms with Crippen molar-refractivity contribution < 1.29 is 19.4 Å². The summed E-state index contributed by atoms with van der Waals surface area (Å²) < 4.78 is 5.78. The quantitative estimate of drug-likeness (QED) is 0.178. The number of ether oxygens (including phenoxy) is 1. The number of carbonyl (C=O) groups is 2. The van der Waals surface area contributed by atoms with Gasteiger partial charge < -0.3 is 25.4 Å². The van der Waals surface area contributed by atoms with Crippen molar-refractivity contribution in [2.45, 2.75) is 52.4 Å². The van der Waals surface area contributed by atoms with Crippen LogP contribution in [0.25, 0.3) is 0 Å². The molecule has 0 saturated heterocycles. The van der Waals surface area contributed by atoms with Gasteiger partial charge in [0.2, 0.25) is 0 Å². The molecule has 0 saturated carbocycles. The van der Waals surface area contributed by atoms with E-state index in [9.17, 15) is 14.7 Å². The number of amides is 2. The summed E-state index contributed by atoms with van der Waals surface area (Å²) >= 11 is 1.51. The number of rotatable bonds is 15. The maximum Gasteiger partial charge on any atom is 0.253 e. The summed E-state index contributed by atoms with van der Waals surface area (Å²) in [6.45, 7) is 7.82. The standard InChI is InChI=1S/C34H41N5O4S/c1-23(2)21-43-29-13-26(16-35-18-29)17-36-19-31(40)30(14-25-9-6-5-7-10-25)38-33(41)27-11-8-12-28(15-27)34(42)39(4)20-32-37-24(3)22-44-32/h5-13,15-16,18,22-23,30-31,36,40H,14,17,19-21H2,1-4H3,(H,38,41). The third kappa shape index (κ3) is 9.97. The van der Waals surface area contributed by atoms with Crippen LogP contribution < -0.4 is 15.4 Å². The molecule has 44 heavy (non-hydrogen) atoms. The smallest absolute Gasteiger partial charge is 0.253 e. The molecule has 0 aliphatic heterocycles. The third-order valence-corrected chi connectivity index (χ3v) is 7.82. The molecular weight excluding hydrogens is 574 g/mol. The number of aryl methyl sites for hydroxylation is 1. The fourth-order valence-corrected chi connectivity index (χ4v) is 5.40. The molecular formula is C34H41N5O4S. The number of pyridine rings is 1. The molecule has 4 rings (SSSR count). The molecule has 10 heteroatoms. The van der Waals surface area contributed by atoms with E-state index >= 15 is 0 Å². The number of hydrogen-bond acceptors (Lipinski definition) is 8. The Bertz CT molecular complexity index is 1510. The minimum atomic E-state index is -0.884. The van der Waals surface area contributed by atoms with Gasteiger partial charge in [0.1, 0.15) is 10.8 Å². The molecule has 2 unspecified atom stereocenters. The van der Waals surface area contributed by atoms with Crippen molar-refractivity contribution in [3.05, 3.63) is 111 Å². The van der Waals surface area contributed by atoms with Gasteiger partial charge in [-0.2, -0.15) is 0 Å². The first kappa shape index (κ1) is 32.8. The number of benzene rings is 2. The maximum atomic E-state index is 13.4. The Morgan fingerprint density at radius 3 is 2.52 bits per heavy atom. The van der Waals surface area contributed by atoms with Gasteiger partial charge in [0.05, 0.1) is 31.5 Å². The maximum absolute atomic E-state index is 13.4. The monoisotopic (exact) mass is 615 g/mol. The lowest BCUT2D eigenvalue weighted by Gasteiger charge is -2.25. The highest BCUT2D eigenvalue weighted by Gasteiger charge is 2.23. The lowest BCUT2D eigenvalue weighted by atomic mass is 10.00. The van der Waals surface area contributed by atoms with E-state index in [1.54, 1.807) is 48.6 Å². The summed E-state index contributed by atoms with van der Waals surface area (Å²) in [6, 6.07) is 17.7. The van der Waals surface area contributed by atoms with E-state index in [-0.39, 0.29) is 18.4 Å². The van der Waals surface area contributed by atoms with E-state index in [1.807, 2.05) is 48.7 Å². The second kappa shape index (κ2) is 16.1. The van der Waals surface area contributed by atoms with Crippen LogP contribution in [0.2, 0.25) is 0 Å². The summed E-state index contributed by atoms with van der Waals surface area (Å²) in [5.74, 6) is 0.548. The van der Waals surface area contributed by atoms with Crippen molar-refractivity contribution in [3.8, 4) is 5.75 Å². The number of aliphatic hydroxyl groups excluding tert-OH is 1. The largest absolute Gasteiger partial charge is 0.492 e. The third-order valence-electron chi connectivity index (χ3n) is 6.87. The molecule has 0 bridgehead atoms. The van der Waals surface area contributed by atoms with E-state index in [0.717, 1.165) is 21.8 Å². The minimum Gasteiger partial charge on any atom is -0.492 e. The molecule has 0 fully saturated rings. The van der Waals surface area contributed by atoms with Gasteiger partial charge in [-0.15, -0.1) is 11.3 Å². The highest BCUT2D eigenvalue weighted by molar-refractivity contribution is 7.09. The zero-order chi connectivity index (χ0) is 31.5. The van der Waals surface area contributed by atoms with Gasteiger partial charge in [0.25, 0.3) is 11.8 Å². The molecule has 0 radical (unpaired) electrons. The summed E-state index contributed by atoms with van der Waals surface area (Å²) in [5, 5.41) is 20.3. The lowest BCUT2D eigenvalue weighted by molar-refractivity contribution is 0.0784. The summed E-state index contributed by atoms with van der Waals surface area (Å²) in [4.78, 5) is 36.9. The normalized spacial score (nSPS) is 12.5. The van der Waals surface area contributed by atoms with Crippen molar-refractivity contribution in [2.24, 2.45) is 5.92 Å². The number of thiazole rings is 1. The van der Waals surface area contributed by atoms with Crippen LogP contribution in [0, 0.1) is 12.8 Å². The molecule has 9 nitrogen and oxygen atoms in total. The van der Waals surface area contributed by atoms with E-state index in [0.29, 0.717) is 48.9 Å². The number of carbonyl (C=O) groups excluding carboxylic acids is 2. The van der Waals surface area contributed by atoms with Crippen LogP contribution >= 0.6 is 11.3 Å². The first-order valence-corrected chi connectivity index (χ1v) is 15.6. The second-order valence-corrected chi connectivity index (χ2v) is 12.3. The van der Waals surface area contributed by atoms with E-state index in [4.69, 9.17) is 4.74 Å². The molecule has 2 amide bonds. The van der Waals surface area contributed by atoms with Crippen molar-refractivity contribution in [2.75, 3.05) is 20.2 Å². The average Bonchev–Trinajstić information content (AvgIpc) is 3.44. The van der Waals surface area contributed by atoms with Crippen molar-refractivity contribution in [1.29, 1.82) is 0 Å². The number of aromatic nitrogens is 2. The van der Waals surface area contributed by atoms with Crippen molar-refractivity contribution in [3.63, 3.8) is 0 Å². The van der Waals surface area contributed by atoms with Gasteiger partial charge in [0, 0.05) is 48.5 Å². The summed E-state index contributed by atoms with van der Waals surface area (Å²) in [5.41, 5.74) is 3.59. The molecule has 2 atom stereocenters. The predicted molar refractivity (Wildman–Crippen MR) is 173 cm³/mol. The Morgan fingerprint density at radius 2 is 1.80 bits per heavy atom. The molecule has 232 valence electrons. The summed E-state index contributed by atoms with van der Waals surface area (Å²) in [7, 11) is 1.72. The van der Waals surface area contributed by atoms with Crippen LogP contribution in [0.5, 0.6) is 5.75 Å². The van der Waals surface area contributed by atoms with Crippen LogP contribution in [0.15, 0.2) is 78.4 Å². The Morgan fingerprint density at radius 1 is 1.02 bits per heavy atom. The van der Waals surface area contributed by atoms with Gasteiger partial charge in [0.15, 0.2) is 0 Å². The Hall–Kier alpha value is -4.12. The average molecular weight is 616 g/mol. The molecule has 0 spiro atoms. The lowest BCUT2D eigenvalue weighted by Crippen LogP contribution is -2.48. The minimum absolute atomic E-state index is 0.203. The summed E-state index contributed by atoms with van der Waals surface area (Å²) in [6.07, 6.45) is 3.00. The molecule has 4 aromatic rings. The predicted octanol–water partition coefficient (Wildman–Crippen LogP) is 4.65. The topological polar surface area (TPSA) is 117 Å². The van der Waals surface area contributed by atoms with E-state index < -0.39 is 12.1 Å². The Labute approximate surface area is 263 Å². The van der Waals surface area contributed by atoms with Crippen LogP contribution in [-0.2, 0) is 19.5 Å². The molecule has 3 N–H and O–H groups in total. The molecule has 2 heterocycles. The van der Waals surface area contributed by atoms with Crippen LogP contribution in [0.1, 0.15) is 56.4 Å². The number of nitrogens with one attached hydrogen (secondary N) is 2. The fourth-order valence-electron chi connectivity index (χ4n) is 4.58. The first-order valence-electron chi connectivity index (χ1n) is 14.7. The van der Waals surface area contributed by atoms with E-state index in [2.05, 4.69) is 34.4 Å². The molecule has 2 aromatic heterocycles. The van der Waals surface area contributed by atoms with Crippen molar-refractivity contribution >= 4 is 23.2 Å². The van der Waals surface area contributed by atoms with Crippen molar-refractivity contribution in [1.82, 2.24) is 25.5 Å². The number of aliphatic hydroxyl groups is 1. The highest BCUT2D eigenvalue weighted by atomic mass is 32.1. The van der Waals surface area contributed by atoms with Gasteiger partial charge in [-0.3, -0.25) is 14.6 Å². The van der Waals surface area contributed by atoms with Gasteiger partial charge in [-0.1, -0.05) is 50.2 Å². The zero-order valence-electron chi connectivity index (χ0n) is 25.7. The molecule has 2 aromatic carbocycles. The fraction of sp³-hybridized carbons (Fsp3) is 0.353. The van der Waals surface area contributed by atoms with E-state index in [1.165, 1.54) is 11.3 Å². The first-order chi connectivity index (χ1) is 21.2. The Kier molecular flexibility index (Phi) is 12.0. The Balaban J connectivity index is 1.40. The SMILES string of the molecule is Cc1csc(CN(C)C(=O)c2cccc(C(=O)NC(Cc3ccccc3)C(O)CNCc3cncc(OCC(C)C)c3)c2)n1. The number of hydrogen-bond donors (Lipinski definition) is 3. The van der Waals surface area contributed by atoms with Gasteiger partial charge in [-0.25, -0.2) is 4.98 Å². The zero-order valence-corrected chi connectivity index (χ0v) is 26.5. The molecule has 0 aliphatic carbocycles. The van der Waals surface area contributed by atoms with Crippen LogP contribution in [0.4, 0.5) is 0 Å². The van der Waals surface area contributed by atoms with Crippen LogP contribution in [0.3, 0.4) is 0 Å². The second-order valence-electron chi connectivity index (χ2n) is 11.3. The highest BCUT2D eigenvalue weighted by Crippen LogP contribution is 2.16.